The Hall–Kier alpha value is -3.19. The summed E-state index contributed by atoms with van der Waals surface area (Å²) in [5, 5.41) is 5.09. The molecular weight excluding hydrogens is 408 g/mol. The zero-order chi connectivity index (χ0) is 21.6. The van der Waals surface area contributed by atoms with E-state index >= 15 is 0 Å². The van der Waals surface area contributed by atoms with E-state index in [4.69, 9.17) is 0 Å². The standard InChI is InChI=1S/C24H24N4O2S/c1-17-8-10-18(11-9-17)19-12-22-23(20-14-26-27(2)15-20)16-28(24(22)25-13-19)31(29,30)21-6-4-3-5-7-21/h3-7,10,12-17H,8-9,11H2,1-2H3. The maximum atomic E-state index is 13.4. The van der Waals surface area contributed by atoms with Gasteiger partial charge in [0.05, 0.1) is 11.1 Å². The number of rotatable bonds is 4. The van der Waals surface area contributed by atoms with Crippen LogP contribution in [0.2, 0.25) is 0 Å². The highest BCUT2D eigenvalue weighted by Crippen LogP contribution is 2.36. The van der Waals surface area contributed by atoms with Gasteiger partial charge in [-0.3, -0.25) is 4.68 Å². The molecule has 3 aromatic heterocycles. The van der Waals surface area contributed by atoms with E-state index in [2.05, 4.69) is 29.1 Å². The molecule has 1 atom stereocenters. The number of fused-ring (bicyclic) bond motifs is 1. The molecule has 1 aromatic carbocycles. The molecule has 0 amide bonds. The van der Waals surface area contributed by atoms with Crippen LogP contribution < -0.4 is 0 Å². The second kappa shape index (κ2) is 7.50. The molecule has 0 saturated heterocycles. The smallest absolute Gasteiger partial charge is 0.269 e. The van der Waals surface area contributed by atoms with Gasteiger partial charge in [0.15, 0.2) is 5.65 Å². The van der Waals surface area contributed by atoms with Crippen LogP contribution >= 0.6 is 0 Å². The normalized spacial score (nSPS) is 17.1. The van der Waals surface area contributed by atoms with Crippen molar-refractivity contribution in [3.63, 3.8) is 0 Å². The average molecular weight is 433 g/mol. The number of pyridine rings is 1. The molecule has 1 aliphatic rings. The molecule has 0 bridgehead atoms. The Morgan fingerprint density at radius 2 is 1.87 bits per heavy atom. The first-order valence-corrected chi connectivity index (χ1v) is 11.9. The number of aromatic nitrogens is 4. The fourth-order valence-corrected chi connectivity index (χ4v) is 5.51. The topological polar surface area (TPSA) is 69.8 Å². The second-order valence-electron chi connectivity index (χ2n) is 8.26. The summed E-state index contributed by atoms with van der Waals surface area (Å²) >= 11 is 0. The van der Waals surface area contributed by atoms with Gasteiger partial charge in [-0.1, -0.05) is 31.2 Å². The predicted octanol–water partition coefficient (Wildman–Crippen LogP) is 4.88. The summed E-state index contributed by atoms with van der Waals surface area (Å²) in [4.78, 5) is 4.87. The lowest BCUT2D eigenvalue weighted by molar-refractivity contribution is 0.534. The van der Waals surface area contributed by atoms with Crippen molar-refractivity contribution in [2.75, 3.05) is 0 Å². The van der Waals surface area contributed by atoms with Crippen LogP contribution in [0.25, 0.3) is 27.7 Å². The lowest BCUT2D eigenvalue weighted by Crippen LogP contribution is -2.12. The van der Waals surface area contributed by atoms with Gasteiger partial charge >= 0.3 is 0 Å². The van der Waals surface area contributed by atoms with E-state index in [1.807, 2.05) is 13.2 Å². The van der Waals surface area contributed by atoms with E-state index in [0.29, 0.717) is 11.6 Å². The van der Waals surface area contributed by atoms with Crippen LogP contribution in [0.5, 0.6) is 0 Å². The summed E-state index contributed by atoms with van der Waals surface area (Å²) in [6.07, 6.45) is 12.6. The van der Waals surface area contributed by atoms with Gasteiger partial charge in [-0.05, 0) is 54.5 Å². The highest BCUT2D eigenvalue weighted by atomic mass is 32.2. The fourth-order valence-electron chi connectivity index (χ4n) is 4.16. The number of nitrogens with zero attached hydrogens (tertiary/aromatic N) is 4. The van der Waals surface area contributed by atoms with Gasteiger partial charge in [0.2, 0.25) is 0 Å². The Bertz CT molecular complexity index is 1400. The summed E-state index contributed by atoms with van der Waals surface area (Å²) in [5.74, 6) is 0.698. The van der Waals surface area contributed by atoms with Crippen LogP contribution in [0.15, 0.2) is 72.2 Å². The monoisotopic (exact) mass is 432 g/mol. The van der Waals surface area contributed by atoms with Crippen molar-refractivity contribution in [1.82, 2.24) is 18.7 Å². The molecule has 0 spiro atoms. The molecule has 0 saturated carbocycles. The average Bonchev–Trinajstić information content (AvgIpc) is 3.38. The van der Waals surface area contributed by atoms with Crippen molar-refractivity contribution in [3.05, 3.63) is 72.8 Å². The predicted molar refractivity (Wildman–Crippen MR) is 122 cm³/mol. The molecule has 6 nitrogen and oxygen atoms in total. The molecule has 0 fully saturated rings. The summed E-state index contributed by atoms with van der Waals surface area (Å²) in [5.41, 5.74) is 4.43. The van der Waals surface area contributed by atoms with Crippen molar-refractivity contribution < 1.29 is 8.42 Å². The minimum absolute atomic E-state index is 0.236. The second-order valence-corrected chi connectivity index (χ2v) is 10.1. The van der Waals surface area contributed by atoms with Crippen molar-refractivity contribution in [3.8, 4) is 11.1 Å². The van der Waals surface area contributed by atoms with Gasteiger partial charge in [-0.25, -0.2) is 17.4 Å². The molecule has 0 radical (unpaired) electrons. The Balaban J connectivity index is 1.73. The highest BCUT2D eigenvalue weighted by Gasteiger charge is 2.24. The number of hydrogen-bond acceptors (Lipinski definition) is 4. The number of aryl methyl sites for hydroxylation is 1. The molecule has 1 unspecified atom stereocenters. The number of allylic oxidation sites excluding steroid dienone is 2. The molecule has 4 aromatic rings. The third kappa shape index (κ3) is 3.49. The third-order valence-corrected chi connectivity index (χ3v) is 7.64. The fraction of sp³-hybridized carbons (Fsp3) is 0.250. The van der Waals surface area contributed by atoms with Gasteiger partial charge in [0.1, 0.15) is 0 Å². The van der Waals surface area contributed by atoms with Crippen LogP contribution in [-0.4, -0.2) is 27.2 Å². The first-order chi connectivity index (χ1) is 14.9. The first-order valence-electron chi connectivity index (χ1n) is 10.4. The summed E-state index contributed by atoms with van der Waals surface area (Å²) in [6.45, 7) is 2.27. The van der Waals surface area contributed by atoms with Gasteiger partial charge in [0, 0.05) is 42.2 Å². The van der Waals surface area contributed by atoms with Gasteiger partial charge in [-0.2, -0.15) is 5.10 Å². The maximum absolute atomic E-state index is 13.4. The number of hydrogen-bond donors (Lipinski definition) is 0. The molecule has 0 N–H and O–H groups in total. The van der Waals surface area contributed by atoms with Crippen molar-refractivity contribution in [2.45, 2.75) is 31.1 Å². The van der Waals surface area contributed by atoms with Crippen LogP contribution in [-0.2, 0) is 17.1 Å². The van der Waals surface area contributed by atoms with Crippen LogP contribution in [0.4, 0.5) is 0 Å². The molecule has 1 aliphatic carbocycles. The minimum atomic E-state index is -3.78. The molecule has 5 rings (SSSR count). The van der Waals surface area contributed by atoms with Gasteiger partial charge < -0.3 is 0 Å². The quantitative estimate of drug-likeness (QED) is 0.461. The number of benzene rings is 1. The molecule has 7 heteroatoms. The summed E-state index contributed by atoms with van der Waals surface area (Å²) < 4.78 is 29.8. The van der Waals surface area contributed by atoms with Crippen molar-refractivity contribution in [1.29, 1.82) is 0 Å². The van der Waals surface area contributed by atoms with E-state index in [-0.39, 0.29) is 4.90 Å². The van der Waals surface area contributed by atoms with Crippen molar-refractivity contribution in [2.24, 2.45) is 13.0 Å². The molecular formula is C24H24N4O2S. The Morgan fingerprint density at radius 1 is 1.06 bits per heavy atom. The Morgan fingerprint density at radius 3 is 2.55 bits per heavy atom. The van der Waals surface area contributed by atoms with Gasteiger partial charge in [0.25, 0.3) is 10.0 Å². The first kappa shape index (κ1) is 19.8. The Labute approximate surface area is 181 Å². The molecule has 158 valence electrons. The van der Waals surface area contributed by atoms with E-state index in [0.717, 1.165) is 41.3 Å². The van der Waals surface area contributed by atoms with Crippen molar-refractivity contribution >= 4 is 26.6 Å². The zero-order valence-electron chi connectivity index (χ0n) is 17.6. The van der Waals surface area contributed by atoms with E-state index in [1.165, 1.54) is 9.55 Å². The lowest BCUT2D eigenvalue weighted by atomic mass is 9.88. The third-order valence-electron chi connectivity index (χ3n) is 5.97. The summed E-state index contributed by atoms with van der Waals surface area (Å²) in [6, 6.07) is 10.5. The largest absolute Gasteiger partial charge is 0.275 e. The summed E-state index contributed by atoms with van der Waals surface area (Å²) in [7, 11) is -1.93. The van der Waals surface area contributed by atoms with Gasteiger partial charge in [-0.15, -0.1) is 0 Å². The molecule has 3 heterocycles. The van der Waals surface area contributed by atoms with Crippen LogP contribution in [0.3, 0.4) is 0 Å². The minimum Gasteiger partial charge on any atom is -0.275 e. The van der Waals surface area contributed by atoms with E-state index < -0.39 is 10.0 Å². The molecule has 31 heavy (non-hydrogen) atoms. The van der Waals surface area contributed by atoms with E-state index in [1.54, 1.807) is 53.6 Å². The van der Waals surface area contributed by atoms with E-state index in [9.17, 15) is 8.42 Å². The Kier molecular flexibility index (Phi) is 4.78. The highest BCUT2D eigenvalue weighted by molar-refractivity contribution is 7.90. The maximum Gasteiger partial charge on any atom is 0.269 e. The zero-order valence-corrected chi connectivity index (χ0v) is 18.4. The SMILES string of the molecule is CC1CC=C(c2cnc3c(c2)c(-c2cnn(C)c2)cn3S(=O)(=O)c2ccccc2)CC1. The van der Waals surface area contributed by atoms with Crippen LogP contribution in [0, 0.1) is 5.92 Å². The lowest BCUT2D eigenvalue weighted by Gasteiger charge is -2.18. The van der Waals surface area contributed by atoms with Crippen LogP contribution in [0.1, 0.15) is 31.7 Å². The molecule has 0 aliphatic heterocycles.